The average Bonchev–Trinajstić information content (AvgIpc) is 2.38. The lowest BCUT2D eigenvalue weighted by atomic mass is 9.76. The first-order valence-corrected chi connectivity index (χ1v) is 6.00. The van der Waals surface area contributed by atoms with Gasteiger partial charge in [0.25, 0.3) is 0 Å². The van der Waals surface area contributed by atoms with Crippen LogP contribution < -0.4 is 0 Å². The fraction of sp³-hybridized carbons (Fsp3) is 0.500. The number of carbonyl (C=O) groups is 1. The second kappa shape index (κ2) is 5.65. The van der Waals surface area contributed by atoms with Crippen LogP contribution >= 0.6 is 0 Å². The van der Waals surface area contributed by atoms with Crippen molar-refractivity contribution in [3.63, 3.8) is 0 Å². The number of rotatable bonds is 4. The molecule has 0 aliphatic rings. The molecule has 106 valence electrons. The van der Waals surface area contributed by atoms with Crippen LogP contribution in [0.15, 0.2) is 18.2 Å². The summed E-state index contributed by atoms with van der Waals surface area (Å²) in [5, 5.41) is 10.5. The standard InChI is InChI=1S/C14H18F2O3/c1-8(2)14(18,13(17)19-4)9(3)10-5-6-11(15)12(16)7-10/h5-9,18H,1-4H3. The Balaban J connectivity index is 3.23. The molecule has 2 atom stereocenters. The molecule has 3 nitrogen and oxygen atoms in total. The molecule has 2 unspecified atom stereocenters. The maximum absolute atomic E-state index is 13.2. The topological polar surface area (TPSA) is 46.5 Å². The third kappa shape index (κ3) is 2.76. The third-order valence-corrected chi connectivity index (χ3v) is 3.50. The normalized spacial score (nSPS) is 16.0. The number of hydrogen-bond donors (Lipinski definition) is 1. The van der Waals surface area contributed by atoms with E-state index in [0.29, 0.717) is 5.56 Å². The van der Waals surface area contributed by atoms with Gasteiger partial charge in [-0.1, -0.05) is 26.8 Å². The molecule has 0 aliphatic carbocycles. The van der Waals surface area contributed by atoms with E-state index in [-0.39, 0.29) is 0 Å². The number of carbonyl (C=O) groups excluding carboxylic acids is 1. The first-order chi connectivity index (χ1) is 8.75. The largest absolute Gasteiger partial charge is 0.467 e. The van der Waals surface area contributed by atoms with Crippen LogP contribution in [0, 0.1) is 17.6 Å². The van der Waals surface area contributed by atoms with Crippen molar-refractivity contribution in [2.24, 2.45) is 5.92 Å². The molecule has 1 aromatic rings. The summed E-state index contributed by atoms with van der Waals surface area (Å²) in [4.78, 5) is 11.8. The van der Waals surface area contributed by atoms with Crippen LogP contribution in [0.25, 0.3) is 0 Å². The summed E-state index contributed by atoms with van der Waals surface area (Å²) < 4.78 is 30.8. The van der Waals surface area contributed by atoms with Crippen LogP contribution in [-0.4, -0.2) is 23.8 Å². The van der Waals surface area contributed by atoms with Gasteiger partial charge in [-0.2, -0.15) is 0 Å². The van der Waals surface area contributed by atoms with Gasteiger partial charge in [0, 0.05) is 5.92 Å². The third-order valence-electron chi connectivity index (χ3n) is 3.50. The molecule has 19 heavy (non-hydrogen) atoms. The van der Waals surface area contributed by atoms with Crippen LogP contribution in [-0.2, 0) is 9.53 Å². The summed E-state index contributed by atoms with van der Waals surface area (Å²) >= 11 is 0. The molecule has 0 saturated carbocycles. The van der Waals surface area contributed by atoms with E-state index in [4.69, 9.17) is 0 Å². The average molecular weight is 272 g/mol. The molecule has 0 amide bonds. The van der Waals surface area contributed by atoms with Crippen molar-refractivity contribution in [3.8, 4) is 0 Å². The Morgan fingerprint density at radius 1 is 1.26 bits per heavy atom. The lowest BCUT2D eigenvalue weighted by Crippen LogP contribution is -2.49. The number of esters is 1. The van der Waals surface area contributed by atoms with E-state index in [1.807, 2.05) is 0 Å². The van der Waals surface area contributed by atoms with E-state index in [1.54, 1.807) is 20.8 Å². The lowest BCUT2D eigenvalue weighted by molar-refractivity contribution is -0.170. The van der Waals surface area contributed by atoms with Gasteiger partial charge in [0.1, 0.15) is 0 Å². The monoisotopic (exact) mass is 272 g/mol. The summed E-state index contributed by atoms with van der Waals surface area (Å²) in [5.74, 6) is -3.94. The van der Waals surface area contributed by atoms with Crippen molar-refractivity contribution in [3.05, 3.63) is 35.4 Å². The van der Waals surface area contributed by atoms with Gasteiger partial charge in [0.2, 0.25) is 0 Å². The van der Waals surface area contributed by atoms with Crippen molar-refractivity contribution in [2.75, 3.05) is 7.11 Å². The molecule has 0 bridgehead atoms. The van der Waals surface area contributed by atoms with Crippen molar-refractivity contribution in [1.82, 2.24) is 0 Å². The second-order valence-corrected chi connectivity index (χ2v) is 4.87. The first-order valence-electron chi connectivity index (χ1n) is 6.00. The molecule has 0 spiro atoms. The first kappa shape index (κ1) is 15.6. The maximum Gasteiger partial charge on any atom is 0.338 e. The van der Waals surface area contributed by atoms with Gasteiger partial charge in [-0.3, -0.25) is 0 Å². The number of benzene rings is 1. The number of hydrogen-bond acceptors (Lipinski definition) is 3. The predicted molar refractivity (Wildman–Crippen MR) is 66.6 cm³/mol. The zero-order chi connectivity index (χ0) is 14.8. The SMILES string of the molecule is COC(=O)C(O)(C(C)C)C(C)c1ccc(F)c(F)c1. The molecule has 0 aromatic heterocycles. The summed E-state index contributed by atoms with van der Waals surface area (Å²) in [7, 11) is 1.17. The maximum atomic E-state index is 13.2. The summed E-state index contributed by atoms with van der Waals surface area (Å²) in [6.45, 7) is 4.89. The number of halogens is 2. The number of methoxy groups -OCH3 is 1. The fourth-order valence-electron chi connectivity index (χ4n) is 2.11. The summed E-state index contributed by atoms with van der Waals surface area (Å²) in [6.07, 6.45) is 0. The Kier molecular flexibility index (Phi) is 4.63. The fourth-order valence-corrected chi connectivity index (χ4v) is 2.11. The predicted octanol–water partition coefficient (Wildman–Crippen LogP) is 2.63. The van der Waals surface area contributed by atoms with Crippen molar-refractivity contribution in [1.29, 1.82) is 0 Å². The van der Waals surface area contributed by atoms with E-state index in [0.717, 1.165) is 12.1 Å². The highest BCUT2D eigenvalue weighted by Crippen LogP contribution is 2.35. The minimum Gasteiger partial charge on any atom is -0.467 e. The number of aliphatic hydroxyl groups is 1. The summed E-state index contributed by atoms with van der Waals surface area (Å²) in [5.41, 5.74) is -1.46. The van der Waals surface area contributed by atoms with E-state index >= 15 is 0 Å². The minimum atomic E-state index is -1.79. The van der Waals surface area contributed by atoms with Crippen LogP contribution in [0.1, 0.15) is 32.3 Å². The van der Waals surface area contributed by atoms with Gasteiger partial charge in [-0.15, -0.1) is 0 Å². The highest BCUT2D eigenvalue weighted by Gasteiger charge is 2.46. The zero-order valence-corrected chi connectivity index (χ0v) is 11.4. The van der Waals surface area contributed by atoms with Gasteiger partial charge in [-0.25, -0.2) is 13.6 Å². The van der Waals surface area contributed by atoms with Crippen LogP contribution in [0.5, 0.6) is 0 Å². The molecule has 5 heteroatoms. The van der Waals surface area contributed by atoms with E-state index in [2.05, 4.69) is 4.74 Å². The van der Waals surface area contributed by atoms with Crippen molar-refractivity contribution in [2.45, 2.75) is 32.3 Å². The van der Waals surface area contributed by atoms with Crippen LogP contribution in [0.3, 0.4) is 0 Å². The van der Waals surface area contributed by atoms with Gasteiger partial charge in [-0.05, 0) is 23.6 Å². The van der Waals surface area contributed by atoms with E-state index < -0.39 is 35.0 Å². The Hall–Kier alpha value is -1.49. The molecule has 0 fully saturated rings. The van der Waals surface area contributed by atoms with Crippen molar-refractivity contribution < 1.29 is 23.4 Å². The molecule has 0 heterocycles. The lowest BCUT2D eigenvalue weighted by Gasteiger charge is -2.35. The Bertz CT molecular complexity index is 474. The summed E-state index contributed by atoms with van der Waals surface area (Å²) in [6, 6.07) is 3.30. The molecular weight excluding hydrogens is 254 g/mol. The molecule has 0 aliphatic heterocycles. The second-order valence-electron chi connectivity index (χ2n) is 4.87. The molecule has 1 aromatic carbocycles. The Morgan fingerprint density at radius 3 is 2.26 bits per heavy atom. The Morgan fingerprint density at radius 2 is 1.84 bits per heavy atom. The highest BCUT2D eigenvalue weighted by atomic mass is 19.2. The Labute approximate surface area is 111 Å². The molecule has 1 rings (SSSR count). The molecule has 1 N–H and O–H groups in total. The quantitative estimate of drug-likeness (QED) is 0.857. The van der Waals surface area contributed by atoms with Gasteiger partial charge in [0.15, 0.2) is 17.2 Å². The van der Waals surface area contributed by atoms with E-state index in [9.17, 15) is 18.7 Å². The zero-order valence-electron chi connectivity index (χ0n) is 11.4. The highest BCUT2D eigenvalue weighted by molar-refractivity contribution is 5.81. The smallest absolute Gasteiger partial charge is 0.338 e. The molecule has 0 saturated heterocycles. The molecular formula is C14H18F2O3. The van der Waals surface area contributed by atoms with E-state index in [1.165, 1.54) is 13.2 Å². The minimum absolute atomic E-state index is 0.334. The van der Waals surface area contributed by atoms with Gasteiger partial charge >= 0.3 is 5.97 Å². The van der Waals surface area contributed by atoms with Gasteiger partial charge < -0.3 is 9.84 Å². The molecule has 0 radical (unpaired) electrons. The van der Waals surface area contributed by atoms with Crippen LogP contribution in [0.2, 0.25) is 0 Å². The number of ether oxygens (including phenoxy) is 1. The van der Waals surface area contributed by atoms with Crippen molar-refractivity contribution >= 4 is 5.97 Å². The van der Waals surface area contributed by atoms with Gasteiger partial charge in [0.05, 0.1) is 7.11 Å². The van der Waals surface area contributed by atoms with Crippen LogP contribution in [0.4, 0.5) is 8.78 Å².